The molecule has 3 N–H and O–H groups in total. The number of hydrogen-bond donors (Lipinski definition) is 3. The topological polar surface area (TPSA) is 100 Å². The molecule has 7 heteroatoms. The molecule has 1 aromatic heterocycles. The summed E-state index contributed by atoms with van der Waals surface area (Å²) >= 11 is 0. The van der Waals surface area contributed by atoms with E-state index in [0.29, 0.717) is 17.8 Å². The van der Waals surface area contributed by atoms with Crippen LogP contribution in [-0.2, 0) is 16.1 Å². The fraction of sp³-hybridized carbons (Fsp3) is 0.316. The highest BCUT2D eigenvalue weighted by Gasteiger charge is 2.11. The normalized spacial score (nSPS) is 11.5. The molecule has 0 saturated heterocycles. The van der Waals surface area contributed by atoms with Gasteiger partial charge in [0.05, 0.1) is 18.4 Å². The van der Waals surface area contributed by atoms with Gasteiger partial charge in [-0.3, -0.25) is 14.4 Å². The summed E-state index contributed by atoms with van der Waals surface area (Å²) in [5.74, 6) is -0.771. The second-order valence-corrected chi connectivity index (χ2v) is 5.97. The lowest BCUT2D eigenvalue weighted by atomic mass is 10.1. The standard InChI is InChI=1S/C19H23N3O4/c1-3-13(2)18(24)22-16-6-4-5-14(9-16)10-20-17(23)11-21-19(25)15-7-8-26-12-15/h4-9,12-13H,3,10-11H2,1-2H3,(H,20,23)(H,21,25)(H,22,24)/t13-/m0/s1. The summed E-state index contributed by atoms with van der Waals surface area (Å²) in [6.45, 7) is 4.00. The molecule has 2 aromatic rings. The summed E-state index contributed by atoms with van der Waals surface area (Å²) in [5, 5.41) is 8.09. The first-order valence-electron chi connectivity index (χ1n) is 8.46. The summed E-state index contributed by atoms with van der Waals surface area (Å²) in [6, 6.07) is 8.80. The molecule has 0 aliphatic rings. The zero-order chi connectivity index (χ0) is 18.9. The smallest absolute Gasteiger partial charge is 0.254 e. The average Bonchev–Trinajstić information content (AvgIpc) is 3.18. The van der Waals surface area contributed by atoms with Crippen molar-refractivity contribution in [2.75, 3.05) is 11.9 Å². The van der Waals surface area contributed by atoms with E-state index < -0.39 is 0 Å². The summed E-state index contributed by atoms with van der Waals surface area (Å²) in [5.41, 5.74) is 1.90. The molecule has 0 saturated carbocycles. The van der Waals surface area contributed by atoms with E-state index in [1.165, 1.54) is 18.6 Å². The Hall–Kier alpha value is -3.09. The molecule has 138 valence electrons. The van der Waals surface area contributed by atoms with Crippen molar-refractivity contribution in [3.8, 4) is 0 Å². The number of nitrogens with one attached hydrogen (secondary N) is 3. The Bertz CT molecular complexity index is 756. The molecular formula is C19H23N3O4. The van der Waals surface area contributed by atoms with Gasteiger partial charge in [0.15, 0.2) is 0 Å². The van der Waals surface area contributed by atoms with Gasteiger partial charge in [-0.1, -0.05) is 26.0 Å². The molecule has 1 heterocycles. The average molecular weight is 357 g/mol. The van der Waals surface area contributed by atoms with Crippen LogP contribution in [0, 0.1) is 5.92 Å². The predicted molar refractivity (Wildman–Crippen MR) is 97.4 cm³/mol. The number of anilines is 1. The number of carbonyl (C=O) groups is 3. The summed E-state index contributed by atoms with van der Waals surface area (Å²) in [6.07, 6.45) is 3.47. The van der Waals surface area contributed by atoms with Gasteiger partial charge in [0.1, 0.15) is 6.26 Å². The Balaban J connectivity index is 1.79. The quantitative estimate of drug-likeness (QED) is 0.675. The highest BCUT2D eigenvalue weighted by Crippen LogP contribution is 2.13. The largest absolute Gasteiger partial charge is 0.472 e. The Labute approximate surface area is 152 Å². The Morgan fingerprint density at radius 2 is 1.96 bits per heavy atom. The molecule has 0 spiro atoms. The Morgan fingerprint density at radius 1 is 1.15 bits per heavy atom. The lowest BCUT2D eigenvalue weighted by molar-refractivity contribution is -0.120. The number of carbonyl (C=O) groups excluding carboxylic acids is 3. The minimum Gasteiger partial charge on any atom is -0.472 e. The van der Waals surface area contributed by atoms with E-state index in [1.807, 2.05) is 32.0 Å². The van der Waals surface area contributed by atoms with Crippen LogP contribution in [0.5, 0.6) is 0 Å². The molecule has 0 unspecified atom stereocenters. The summed E-state index contributed by atoms with van der Waals surface area (Å²) < 4.78 is 4.82. The van der Waals surface area contributed by atoms with Crippen LogP contribution in [0.3, 0.4) is 0 Å². The molecule has 26 heavy (non-hydrogen) atoms. The highest BCUT2D eigenvalue weighted by molar-refractivity contribution is 5.96. The lowest BCUT2D eigenvalue weighted by Gasteiger charge is -2.11. The number of benzene rings is 1. The van der Waals surface area contributed by atoms with Crippen LogP contribution in [0.2, 0.25) is 0 Å². The molecule has 0 radical (unpaired) electrons. The molecule has 0 aliphatic carbocycles. The highest BCUT2D eigenvalue weighted by atomic mass is 16.3. The maximum Gasteiger partial charge on any atom is 0.254 e. The third kappa shape index (κ3) is 5.77. The fourth-order valence-corrected chi connectivity index (χ4v) is 2.13. The predicted octanol–water partition coefficient (Wildman–Crippen LogP) is 2.31. The SMILES string of the molecule is CC[C@H](C)C(=O)Nc1cccc(CNC(=O)CNC(=O)c2ccoc2)c1. The Morgan fingerprint density at radius 3 is 2.65 bits per heavy atom. The van der Waals surface area contributed by atoms with E-state index >= 15 is 0 Å². The van der Waals surface area contributed by atoms with Gasteiger partial charge in [0.25, 0.3) is 5.91 Å². The van der Waals surface area contributed by atoms with E-state index in [9.17, 15) is 14.4 Å². The molecule has 2 rings (SSSR count). The van der Waals surface area contributed by atoms with Gasteiger partial charge in [-0.2, -0.15) is 0 Å². The van der Waals surface area contributed by atoms with Gasteiger partial charge < -0.3 is 20.4 Å². The van der Waals surface area contributed by atoms with Crippen LogP contribution in [0.15, 0.2) is 47.3 Å². The van der Waals surface area contributed by atoms with Crippen molar-refractivity contribution in [1.82, 2.24) is 10.6 Å². The van der Waals surface area contributed by atoms with Gasteiger partial charge >= 0.3 is 0 Å². The molecule has 1 aromatic carbocycles. The van der Waals surface area contributed by atoms with Crippen molar-refractivity contribution in [1.29, 1.82) is 0 Å². The monoisotopic (exact) mass is 357 g/mol. The van der Waals surface area contributed by atoms with E-state index in [0.717, 1.165) is 12.0 Å². The molecule has 0 bridgehead atoms. The van der Waals surface area contributed by atoms with Crippen molar-refractivity contribution in [2.45, 2.75) is 26.8 Å². The zero-order valence-electron chi connectivity index (χ0n) is 14.9. The van der Waals surface area contributed by atoms with Gasteiger partial charge in [0.2, 0.25) is 11.8 Å². The molecular weight excluding hydrogens is 334 g/mol. The van der Waals surface area contributed by atoms with Crippen molar-refractivity contribution in [2.24, 2.45) is 5.92 Å². The van der Waals surface area contributed by atoms with Crippen LogP contribution >= 0.6 is 0 Å². The maximum atomic E-state index is 11.9. The first kappa shape index (κ1) is 19.2. The molecule has 0 fully saturated rings. The zero-order valence-corrected chi connectivity index (χ0v) is 14.9. The van der Waals surface area contributed by atoms with Crippen LogP contribution < -0.4 is 16.0 Å². The van der Waals surface area contributed by atoms with Gasteiger partial charge in [0, 0.05) is 18.2 Å². The number of amides is 3. The van der Waals surface area contributed by atoms with Crippen molar-refractivity contribution >= 4 is 23.4 Å². The van der Waals surface area contributed by atoms with Crippen molar-refractivity contribution in [3.63, 3.8) is 0 Å². The summed E-state index contributed by atoms with van der Waals surface area (Å²) in [7, 11) is 0. The first-order chi connectivity index (χ1) is 12.5. The number of furan rings is 1. The van der Waals surface area contributed by atoms with Gasteiger partial charge in [-0.15, -0.1) is 0 Å². The lowest BCUT2D eigenvalue weighted by Crippen LogP contribution is -2.36. The number of rotatable bonds is 8. The van der Waals surface area contributed by atoms with Crippen LogP contribution in [0.1, 0.15) is 36.2 Å². The maximum absolute atomic E-state index is 11.9. The molecule has 0 aliphatic heterocycles. The molecule has 3 amide bonds. The van der Waals surface area contributed by atoms with E-state index in [4.69, 9.17) is 4.42 Å². The van der Waals surface area contributed by atoms with E-state index in [2.05, 4.69) is 16.0 Å². The molecule has 7 nitrogen and oxygen atoms in total. The minimum absolute atomic E-state index is 0.0318. The van der Waals surface area contributed by atoms with E-state index in [1.54, 1.807) is 6.07 Å². The van der Waals surface area contributed by atoms with Gasteiger partial charge in [-0.25, -0.2) is 0 Å². The van der Waals surface area contributed by atoms with Crippen molar-refractivity contribution in [3.05, 3.63) is 54.0 Å². The van der Waals surface area contributed by atoms with Gasteiger partial charge in [-0.05, 0) is 30.2 Å². The van der Waals surface area contributed by atoms with Crippen LogP contribution in [-0.4, -0.2) is 24.3 Å². The van der Waals surface area contributed by atoms with Crippen molar-refractivity contribution < 1.29 is 18.8 Å². The van der Waals surface area contributed by atoms with Crippen LogP contribution in [0.4, 0.5) is 5.69 Å². The van der Waals surface area contributed by atoms with E-state index in [-0.39, 0.29) is 30.2 Å². The second kappa shape index (κ2) is 9.41. The second-order valence-electron chi connectivity index (χ2n) is 5.97. The summed E-state index contributed by atoms with van der Waals surface area (Å²) in [4.78, 5) is 35.5. The molecule has 1 atom stereocenters. The Kier molecular flexibility index (Phi) is 6.96. The number of hydrogen-bond acceptors (Lipinski definition) is 4. The minimum atomic E-state index is -0.372. The van der Waals surface area contributed by atoms with Crippen LogP contribution in [0.25, 0.3) is 0 Å². The first-order valence-corrected chi connectivity index (χ1v) is 8.46. The fourth-order valence-electron chi connectivity index (χ4n) is 2.13. The third-order valence-corrected chi connectivity index (χ3v) is 3.94. The third-order valence-electron chi connectivity index (χ3n) is 3.94.